The van der Waals surface area contributed by atoms with E-state index in [2.05, 4.69) is 30.4 Å². The third-order valence-electron chi connectivity index (χ3n) is 6.72. The summed E-state index contributed by atoms with van der Waals surface area (Å²) in [6.45, 7) is 0. The Kier molecular flexibility index (Phi) is 53.7. The Morgan fingerprint density at radius 3 is 0.757 bits per heavy atom. The van der Waals surface area contributed by atoms with Gasteiger partial charge in [-0.2, -0.15) is 20.4 Å². The fourth-order valence-corrected chi connectivity index (χ4v) is 3.48. The normalized spacial score (nSPS) is 9.51. The molecule has 4 aromatic carbocycles. The van der Waals surface area contributed by atoms with Gasteiger partial charge in [0.25, 0.3) is 0 Å². The SMILES string of the molecule is CN(C)C=O.CN(C)C=O.CN(C)C=O.CN(C)C=O.O.[Ni+2].[Ni+2].[Ni+2].[O-]/C(=N\N=C(/[O-])c1ccccc1[O-])c1ccccc1.[O-]/C(=N\N=C(/[O-])c1ccccc1[O-])c1ccccc1.c1ccncc1.c1ccncc1. The van der Waals surface area contributed by atoms with Gasteiger partial charge in [-0.15, -0.1) is 11.5 Å². The van der Waals surface area contributed by atoms with Crippen LogP contribution in [0.15, 0.2) is 191 Å². The van der Waals surface area contributed by atoms with Gasteiger partial charge in [-0.3, -0.25) is 29.1 Å². The number of benzene rings is 4. The number of carbonyl (C=O) groups excluding carboxylic acids is 4. The van der Waals surface area contributed by atoms with Crippen LogP contribution in [-0.4, -0.2) is 141 Å². The maximum Gasteiger partial charge on any atom is 2.00 e. The van der Waals surface area contributed by atoms with E-state index in [0.29, 0.717) is 11.1 Å². The van der Waals surface area contributed by atoms with E-state index in [1.54, 1.807) is 154 Å². The first kappa shape index (κ1) is 77.4. The molecule has 0 saturated heterocycles. The Morgan fingerprint density at radius 2 is 0.568 bits per heavy atom. The Balaban J connectivity index is -0.000000193. The second-order valence-electron chi connectivity index (χ2n) is 13.7. The molecule has 0 bridgehead atoms. The molecule has 21 nitrogen and oxygen atoms in total. The van der Waals surface area contributed by atoms with Crippen LogP contribution in [-0.2, 0) is 68.7 Å². The monoisotopic (exact) mass is 1150 g/mol. The summed E-state index contributed by atoms with van der Waals surface area (Å²) in [5, 5.41) is 82.2. The zero-order valence-corrected chi connectivity index (χ0v) is 44.4. The number of hydrogen-bond donors (Lipinski definition) is 0. The van der Waals surface area contributed by atoms with Crippen LogP contribution in [0.1, 0.15) is 22.3 Å². The summed E-state index contributed by atoms with van der Waals surface area (Å²) < 4.78 is 0. The maximum absolute atomic E-state index is 11.6. The standard InChI is InChI=1S/2C14H12N2O3.2C5H5N.4C3H7NO.3Ni.H2O/c2*17-12-9-5-4-8-11(12)14(19)16-15-13(18)10-6-2-1-3-7-10;2*1-2-4-6-5-3-1;4*1-4(2)3-5;;;;/h2*1-9,17H,(H,15,18)(H,16,19);2*1-5H;4*3H,1-2H3;;;;1H2/q;;;;;;;;3*+2;/p-6. The van der Waals surface area contributed by atoms with Gasteiger partial charge in [-0.1, -0.05) is 121 Å². The van der Waals surface area contributed by atoms with Crippen molar-refractivity contribution in [3.8, 4) is 11.5 Å². The number of carbonyl (C=O) groups is 4. The summed E-state index contributed by atoms with van der Waals surface area (Å²) in [4.78, 5) is 51.1. The van der Waals surface area contributed by atoms with Gasteiger partial charge in [0.2, 0.25) is 25.6 Å². The number of aromatic nitrogens is 2. The number of hydrogen-bond acceptors (Lipinski definition) is 16. The molecule has 0 aliphatic heterocycles. The van der Waals surface area contributed by atoms with E-state index >= 15 is 0 Å². The average Bonchev–Trinajstić information content (AvgIpc) is 3.40. The fourth-order valence-electron chi connectivity index (χ4n) is 3.48. The summed E-state index contributed by atoms with van der Waals surface area (Å²) in [7, 11) is 13.5. The molecule has 0 radical (unpaired) electrons. The third kappa shape index (κ3) is 44.0. The molecule has 6 aromatic rings. The van der Waals surface area contributed by atoms with Crippen molar-refractivity contribution in [1.29, 1.82) is 0 Å². The van der Waals surface area contributed by atoms with Gasteiger partial charge in [0.05, 0.1) is 0 Å². The number of amides is 4. The molecule has 2 heterocycles. The minimum Gasteiger partial charge on any atom is -0.872 e. The molecule has 0 unspecified atom stereocenters. The van der Waals surface area contributed by atoms with E-state index in [1.807, 2.05) is 36.4 Å². The molecule has 74 heavy (non-hydrogen) atoms. The third-order valence-corrected chi connectivity index (χ3v) is 6.72. The largest absolute Gasteiger partial charge is 2.00 e. The van der Waals surface area contributed by atoms with Gasteiger partial charge in [-0.25, -0.2) is 0 Å². The van der Waals surface area contributed by atoms with Crippen molar-refractivity contribution >= 4 is 49.2 Å². The van der Waals surface area contributed by atoms with E-state index in [9.17, 15) is 49.8 Å². The average molecular weight is 1150 g/mol. The van der Waals surface area contributed by atoms with Crippen LogP contribution in [0.5, 0.6) is 11.5 Å². The quantitative estimate of drug-likeness (QED) is 0.0542. The van der Waals surface area contributed by atoms with Crippen molar-refractivity contribution in [3.63, 3.8) is 0 Å². The minimum atomic E-state index is -0.824. The van der Waals surface area contributed by atoms with E-state index < -0.39 is 35.1 Å². The molecule has 2 N–H and O–H groups in total. The van der Waals surface area contributed by atoms with E-state index in [-0.39, 0.29) is 66.1 Å². The Morgan fingerprint density at radius 1 is 0.365 bits per heavy atom. The number of para-hydroxylation sites is 2. The van der Waals surface area contributed by atoms with Crippen molar-refractivity contribution in [2.24, 2.45) is 20.4 Å². The van der Waals surface area contributed by atoms with Gasteiger partial charge in [0.1, 0.15) is 0 Å². The molecule has 2 aromatic heterocycles. The Hall–Kier alpha value is -8.02. The van der Waals surface area contributed by atoms with E-state index in [0.717, 1.165) is 25.6 Å². The van der Waals surface area contributed by atoms with Gasteiger partial charge in [0.15, 0.2) is 0 Å². The second kappa shape index (κ2) is 51.3. The number of pyridine rings is 2. The Bertz CT molecular complexity index is 2170. The Labute approximate surface area is 462 Å². The van der Waals surface area contributed by atoms with Gasteiger partial charge >= 0.3 is 49.5 Å². The zero-order valence-electron chi connectivity index (χ0n) is 41.5. The first-order valence-electron chi connectivity index (χ1n) is 20.2. The molecule has 0 saturated carbocycles. The molecule has 0 atom stereocenters. The summed E-state index contributed by atoms with van der Waals surface area (Å²) in [6, 6.07) is 39.2. The molecule has 0 fully saturated rings. The second-order valence-corrected chi connectivity index (χ2v) is 13.7. The molecular formula is C50H58N10Ni3O11. The van der Waals surface area contributed by atoms with Crippen LogP contribution >= 0.6 is 0 Å². The molecule has 0 aliphatic rings. The smallest absolute Gasteiger partial charge is 0.872 e. The van der Waals surface area contributed by atoms with Crippen molar-refractivity contribution in [3.05, 3.63) is 193 Å². The molecule has 0 spiro atoms. The molecule has 6 rings (SSSR count). The summed E-state index contributed by atoms with van der Waals surface area (Å²) in [6.07, 6.45) is 10.0. The van der Waals surface area contributed by atoms with Gasteiger partial charge in [0, 0.05) is 105 Å². The predicted molar refractivity (Wildman–Crippen MR) is 262 cm³/mol. The van der Waals surface area contributed by atoms with Crippen LogP contribution in [0.4, 0.5) is 0 Å². The van der Waals surface area contributed by atoms with Crippen molar-refractivity contribution in [1.82, 2.24) is 29.6 Å². The topological polar surface area (TPSA) is 326 Å². The first-order chi connectivity index (χ1) is 33.4. The van der Waals surface area contributed by atoms with Crippen LogP contribution in [0, 0.1) is 0 Å². The molecule has 0 aliphatic carbocycles. The van der Waals surface area contributed by atoms with Crippen LogP contribution in [0.25, 0.3) is 0 Å². The molecule has 4 amide bonds. The van der Waals surface area contributed by atoms with Gasteiger partial charge < -0.3 is 55.7 Å². The van der Waals surface area contributed by atoms with Crippen LogP contribution in [0.2, 0.25) is 0 Å². The summed E-state index contributed by atoms with van der Waals surface area (Å²) in [5.41, 5.74) is 0.447. The molecule has 24 heteroatoms. The maximum atomic E-state index is 11.6. The van der Waals surface area contributed by atoms with Crippen molar-refractivity contribution in [2.75, 3.05) is 56.4 Å². The first-order valence-corrected chi connectivity index (χ1v) is 20.2. The van der Waals surface area contributed by atoms with Gasteiger partial charge in [-0.05, 0) is 46.5 Å². The number of nitrogens with zero attached hydrogens (tertiary/aromatic N) is 10. The fraction of sp³-hybridized carbons (Fsp3) is 0.160. The van der Waals surface area contributed by atoms with Crippen LogP contribution < -0.4 is 30.6 Å². The van der Waals surface area contributed by atoms with Crippen molar-refractivity contribution < 1.29 is 105 Å². The molecular weight excluding hydrogens is 1090 g/mol. The summed E-state index contributed by atoms with van der Waals surface area (Å²) in [5.74, 6) is -3.79. The van der Waals surface area contributed by atoms with Crippen molar-refractivity contribution in [2.45, 2.75) is 0 Å². The minimum absolute atomic E-state index is 0. The predicted octanol–water partition coefficient (Wildman–Crippen LogP) is -0.673. The molecule has 404 valence electrons. The zero-order chi connectivity index (χ0) is 53.0. The van der Waals surface area contributed by atoms with E-state index in [1.165, 1.54) is 56.0 Å². The number of rotatable bonds is 10. The van der Waals surface area contributed by atoms with E-state index in [4.69, 9.17) is 0 Å². The van der Waals surface area contributed by atoms with Crippen LogP contribution in [0.3, 0.4) is 0 Å². The summed E-state index contributed by atoms with van der Waals surface area (Å²) >= 11 is 0.